The fourth-order valence-corrected chi connectivity index (χ4v) is 2.75. The van der Waals surface area contributed by atoms with Crippen LogP contribution in [0.25, 0.3) is 0 Å². The standard InChI is InChI=1S/C17H23F2N3O2/c1-3-21(12-17(2,18)19)16(24)14-4-6-15(7-5-14)22-10-8-20(13-23)9-11-22/h4-7,13H,3,8-12H2,1-2H3. The molecule has 1 aromatic rings. The second-order valence-corrected chi connectivity index (χ2v) is 6.06. The molecular weight excluding hydrogens is 316 g/mol. The van der Waals surface area contributed by atoms with E-state index in [0.717, 1.165) is 37.0 Å². The second-order valence-electron chi connectivity index (χ2n) is 6.06. The highest BCUT2D eigenvalue weighted by Crippen LogP contribution is 2.19. The summed E-state index contributed by atoms with van der Waals surface area (Å²) in [5.74, 6) is -3.31. The van der Waals surface area contributed by atoms with Gasteiger partial charge in [0, 0.05) is 50.9 Å². The van der Waals surface area contributed by atoms with Crippen molar-refractivity contribution in [1.82, 2.24) is 9.80 Å². The predicted molar refractivity (Wildman–Crippen MR) is 88.5 cm³/mol. The van der Waals surface area contributed by atoms with Gasteiger partial charge < -0.3 is 14.7 Å². The summed E-state index contributed by atoms with van der Waals surface area (Å²) >= 11 is 0. The molecule has 0 aromatic heterocycles. The third kappa shape index (κ3) is 4.66. The van der Waals surface area contributed by atoms with E-state index in [1.807, 2.05) is 12.1 Å². The van der Waals surface area contributed by atoms with Gasteiger partial charge in [-0.2, -0.15) is 0 Å². The van der Waals surface area contributed by atoms with Crippen molar-refractivity contribution in [2.24, 2.45) is 0 Å². The summed E-state index contributed by atoms with van der Waals surface area (Å²) in [7, 11) is 0. The maximum absolute atomic E-state index is 13.2. The van der Waals surface area contributed by atoms with Gasteiger partial charge in [-0.25, -0.2) is 8.78 Å². The molecular formula is C17H23F2N3O2. The Morgan fingerprint density at radius 1 is 1.21 bits per heavy atom. The first kappa shape index (κ1) is 18.2. The minimum absolute atomic E-state index is 0.234. The highest BCUT2D eigenvalue weighted by atomic mass is 19.3. The van der Waals surface area contributed by atoms with Crippen LogP contribution >= 0.6 is 0 Å². The Hall–Kier alpha value is -2.18. The van der Waals surface area contributed by atoms with E-state index in [9.17, 15) is 18.4 Å². The Balaban J connectivity index is 2.03. The molecule has 1 aliphatic rings. The Bertz CT molecular complexity index is 564. The Labute approximate surface area is 140 Å². The molecule has 0 saturated carbocycles. The van der Waals surface area contributed by atoms with Crippen LogP contribution in [0.1, 0.15) is 24.2 Å². The largest absolute Gasteiger partial charge is 0.368 e. The number of alkyl halides is 2. The lowest BCUT2D eigenvalue weighted by Crippen LogP contribution is -2.45. The maximum atomic E-state index is 13.2. The van der Waals surface area contributed by atoms with Crippen LogP contribution in [0.2, 0.25) is 0 Å². The number of rotatable bonds is 6. The Morgan fingerprint density at radius 3 is 2.25 bits per heavy atom. The summed E-state index contributed by atoms with van der Waals surface area (Å²) in [5, 5.41) is 0. The molecule has 0 N–H and O–H groups in total. The molecule has 1 saturated heterocycles. The van der Waals surface area contributed by atoms with E-state index >= 15 is 0 Å². The quantitative estimate of drug-likeness (QED) is 0.746. The van der Waals surface area contributed by atoms with Gasteiger partial charge in [-0.05, 0) is 31.2 Å². The van der Waals surface area contributed by atoms with Crippen molar-refractivity contribution in [1.29, 1.82) is 0 Å². The average Bonchev–Trinajstić information content (AvgIpc) is 2.58. The summed E-state index contributed by atoms with van der Waals surface area (Å²) in [6.45, 7) is 4.94. The average molecular weight is 339 g/mol. The Kier molecular flexibility index (Phi) is 5.75. The van der Waals surface area contributed by atoms with E-state index in [-0.39, 0.29) is 6.54 Å². The first-order valence-corrected chi connectivity index (χ1v) is 8.05. The third-order valence-corrected chi connectivity index (χ3v) is 4.08. The Morgan fingerprint density at radius 2 is 1.79 bits per heavy atom. The fraction of sp³-hybridized carbons (Fsp3) is 0.529. The van der Waals surface area contributed by atoms with Crippen LogP contribution in [0.5, 0.6) is 0 Å². The number of nitrogens with zero attached hydrogens (tertiary/aromatic N) is 3. The number of hydrogen-bond acceptors (Lipinski definition) is 3. The van der Waals surface area contributed by atoms with Gasteiger partial charge in [0.25, 0.3) is 11.8 Å². The van der Waals surface area contributed by atoms with Crippen LogP contribution in [0.3, 0.4) is 0 Å². The number of amides is 2. The van der Waals surface area contributed by atoms with E-state index in [1.54, 1.807) is 24.0 Å². The number of hydrogen-bond donors (Lipinski definition) is 0. The number of carbonyl (C=O) groups excluding carboxylic acids is 2. The molecule has 2 rings (SSSR count). The van der Waals surface area contributed by atoms with E-state index < -0.39 is 18.4 Å². The van der Waals surface area contributed by atoms with Gasteiger partial charge in [-0.15, -0.1) is 0 Å². The van der Waals surface area contributed by atoms with Crippen molar-refractivity contribution < 1.29 is 18.4 Å². The molecule has 0 spiro atoms. The first-order valence-electron chi connectivity index (χ1n) is 8.05. The number of piperazine rings is 1. The smallest absolute Gasteiger partial charge is 0.262 e. The molecule has 7 heteroatoms. The van der Waals surface area contributed by atoms with Crippen LogP contribution in [-0.4, -0.2) is 67.3 Å². The zero-order chi connectivity index (χ0) is 17.7. The third-order valence-electron chi connectivity index (χ3n) is 4.08. The van der Waals surface area contributed by atoms with Gasteiger partial charge in [0.1, 0.15) is 0 Å². The monoisotopic (exact) mass is 339 g/mol. The summed E-state index contributed by atoms with van der Waals surface area (Å²) in [6.07, 6.45) is 0.849. The van der Waals surface area contributed by atoms with Crippen molar-refractivity contribution in [3.63, 3.8) is 0 Å². The summed E-state index contributed by atoms with van der Waals surface area (Å²) < 4.78 is 26.3. The van der Waals surface area contributed by atoms with Crippen LogP contribution in [-0.2, 0) is 4.79 Å². The van der Waals surface area contributed by atoms with Crippen molar-refractivity contribution >= 4 is 18.0 Å². The van der Waals surface area contributed by atoms with E-state index in [1.165, 1.54) is 0 Å². The lowest BCUT2D eigenvalue weighted by atomic mass is 10.1. The minimum Gasteiger partial charge on any atom is -0.368 e. The van der Waals surface area contributed by atoms with Gasteiger partial charge in [0.15, 0.2) is 0 Å². The molecule has 2 amide bonds. The molecule has 5 nitrogen and oxygen atoms in total. The van der Waals surface area contributed by atoms with Gasteiger partial charge in [-0.1, -0.05) is 0 Å². The van der Waals surface area contributed by atoms with E-state index in [4.69, 9.17) is 0 Å². The number of halogens is 2. The molecule has 0 bridgehead atoms. The van der Waals surface area contributed by atoms with Crippen molar-refractivity contribution in [2.45, 2.75) is 19.8 Å². The summed E-state index contributed by atoms with van der Waals surface area (Å²) in [4.78, 5) is 28.1. The van der Waals surface area contributed by atoms with Crippen molar-refractivity contribution in [2.75, 3.05) is 44.2 Å². The van der Waals surface area contributed by atoms with Crippen molar-refractivity contribution in [3.05, 3.63) is 29.8 Å². The van der Waals surface area contributed by atoms with Crippen LogP contribution in [0.15, 0.2) is 24.3 Å². The fourth-order valence-electron chi connectivity index (χ4n) is 2.75. The maximum Gasteiger partial charge on any atom is 0.262 e. The number of anilines is 1. The van der Waals surface area contributed by atoms with E-state index in [2.05, 4.69) is 4.90 Å². The summed E-state index contributed by atoms with van der Waals surface area (Å²) in [6, 6.07) is 6.98. The summed E-state index contributed by atoms with van der Waals surface area (Å²) in [5.41, 5.74) is 1.36. The zero-order valence-electron chi connectivity index (χ0n) is 14.0. The topological polar surface area (TPSA) is 43.9 Å². The van der Waals surface area contributed by atoms with Gasteiger partial charge in [-0.3, -0.25) is 9.59 Å². The molecule has 0 aliphatic carbocycles. The van der Waals surface area contributed by atoms with Gasteiger partial charge >= 0.3 is 0 Å². The minimum atomic E-state index is -2.91. The van der Waals surface area contributed by atoms with Gasteiger partial charge in [0.2, 0.25) is 6.41 Å². The predicted octanol–water partition coefficient (Wildman–Crippen LogP) is 2.08. The number of benzene rings is 1. The normalized spacial score (nSPS) is 15.3. The molecule has 1 aliphatic heterocycles. The molecule has 0 atom stereocenters. The zero-order valence-corrected chi connectivity index (χ0v) is 14.0. The highest BCUT2D eigenvalue weighted by molar-refractivity contribution is 5.94. The van der Waals surface area contributed by atoms with Crippen LogP contribution in [0, 0.1) is 0 Å². The van der Waals surface area contributed by atoms with Crippen molar-refractivity contribution in [3.8, 4) is 0 Å². The molecule has 1 aromatic carbocycles. The lowest BCUT2D eigenvalue weighted by Gasteiger charge is -2.34. The molecule has 24 heavy (non-hydrogen) atoms. The lowest BCUT2D eigenvalue weighted by molar-refractivity contribution is -0.118. The van der Waals surface area contributed by atoms with Crippen LogP contribution < -0.4 is 4.90 Å². The highest BCUT2D eigenvalue weighted by Gasteiger charge is 2.28. The SMILES string of the molecule is CCN(CC(C)(F)F)C(=O)c1ccc(N2CCN(C=O)CC2)cc1. The van der Waals surface area contributed by atoms with E-state index in [0.29, 0.717) is 18.7 Å². The molecule has 0 unspecified atom stereocenters. The molecule has 0 radical (unpaired) electrons. The number of carbonyl (C=O) groups is 2. The van der Waals surface area contributed by atoms with Crippen LogP contribution in [0.4, 0.5) is 14.5 Å². The molecule has 1 heterocycles. The van der Waals surface area contributed by atoms with Gasteiger partial charge in [0.05, 0.1) is 6.54 Å². The second kappa shape index (κ2) is 7.59. The first-order chi connectivity index (χ1) is 11.3. The molecule has 132 valence electrons. The molecule has 1 fully saturated rings.